The molecule has 0 atom stereocenters. The number of ketones is 1. The SMILES string of the molecule is CCCCCOc1ccc(C(=O)C(Br)=CC(=O)OC)cc1. The summed E-state index contributed by atoms with van der Waals surface area (Å²) in [6, 6.07) is 6.84. The first-order chi connectivity index (χ1) is 10.1. The lowest BCUT2D eigenvalue weighted by Crippen LogP contribution is -2.03. The maximum Gasteiger partial charge on any atom is 0.331 e. The van der Waals surface area contributed by atoms with Crippen molar-refractivity contribution in [3.05, 3.63) is 40.4 Å². The molecule has 0 spiro atoms. The van der Waals surface area contributed by atoms with Crippen LogP contribution in [0, 0.1) is 0 Å². The highest BCUT2D eigenvalue weighted by atomic mass is 79.9. The molecule has 0 aliphatic heterocycles. The molecule has 0 saturated heterocycles. The normalized spacial score (nSPS) is 11.1. The molecule has 1 aromatic carbocycles. The highest BCUT2D eigenvalue weighted by molar-refractivity contribution is 9.12. The molecule has 0 N–H and O–H groups in total. The minimum atomic E-state index is -0.578. The topological polar surface area (TPSA) is 52.6 Å². The van der Waals surface area contributed by atoms with Crippen LogP contribution in [-0.4, -0.2) is 25.5 Å². The van der Waals surface area contributed by atoms with E-state index < -0.39 is 5.97 Å². The number of Topliss-reactive ketones (excluding diaryl/α,β-unsaturated/α-hetero) is 1. The van der Waals surface area contributed by atoms with Gasteiger partial charge in [0.1, 0.15) is 5.75 Å². The molecule has 4 nitrogen and oxygen atoms in total. The Labute approximate surface area is 133 Å². The fourth-order valence-electron chi connectivity index (χ4n) is 1.61. The average molecular weight is 355 g/mol. The molecular formula is C16H19BrO4. The highest BCUT2D eigenvalue weighted by Crippen LogP contribution is 2.18. The summed E-state index contributed by atoms with van der Waals surface area (Å²) in [6.45, 7) is 2.81. The standard InChI is InChI=1S/C16H19BrO4/c1-3-4-5-10-21-13-8-6-12(7-9-13)16(19)14(17)11-15(18)20-2/h6-9,11H,3-5,10H2,1-2H3. The summed E-state index contributed by atoms with van der Waals surface area (Å²) in [5.41, 5.74) is 0.475. The first-order valence-corrected chi connectivity index (χ1v) is 7.60. The largest absolute Gasteiger partial charge is 0.494 e. The van der Waals surface area contributed by atoms with Gasteiger partial charge >= 0.3 is 5.97 Å². The van der Waals surface area contributed by atoms with E-state index in [1.807, 2.05) is 0 Å². The minimum Gasteiger partial charge on any atom is -0.494 e. The van der Waals surface area contributed by atoms with Gasteiger partial charge in [0, 0.05) is 11.6 Å². The third-order valence-electron chi connectivity index (χ3n) is 2.80. The highest BCUT2D eigenvalue weighted by Gasteiger charge is 2.11. The van der Waals surface area contributed by atoms with Gasteiger partial charge in [-0.3, -0.25) is 4.79 Å². The molecule has 0 heterocycles. The van der Waals surface area contributed by atoms with Gasteiger partial charge in [0.15, 0.2) is 5.78 Å². The van der Waals surface area contributed by atoms with Crippen LogP contribution in [0.5, 0.6) is 5.75 Å². The van der Waals surface area contributed by atoms with Crippen LogP contribution in [0.4, 0.5) is 0 Å². The van der Waals surface area contributed by atoms with Crippen LogP contribution in [-0.2, 0) is 9.53 Å². The Morgan fingerprint density at radius 2 is 1.86 bits per heavy atom. The number of allylic oxidation sites excluding steroid dienone is 1. The van der Waals surface area contributed by atoms with Crippen LogP contribution in [0.3, 0.4) is 0 Å². The summed E-state index contributed by atoms with van der Waals surface area (Å²) in [5.74, 6) is -0.125. The average Bonchev–Trinajstić information content (AvgIpc) is 2.51. The van der Waals surface area contributed by atoms with E-state index in [0.717, 1.165) is 31.1 Å². The van der Waals surface area contributed by atoms with Gasteiger partial charge in [0.05, 0.1) is 18.2 Å². The van der Waals surface area contributed by atoms with E-state index in [-0.39, 0.29) is 10.3 Å². The molecule has 5 heteroatoms. The second-order valence-corrected chi connectivity index (χ2v) is 5.28. The first kappa shape index (κ1) is 17.4. The Morgan fingerprint density at radius 3 is 2.43 bits per heavy atom. The van der Waals surface area contributed by atoms with Crippen molar-refractivity contribution in [1.29, 1.82) is 0 Å². The quantitative estimate of drug-likeness (QED) is 0.307. The van der Waals surface area contributed by atoms with E-state index in [1.54, 1.807) is 24.3 Å². The number of hydrogen-bond acceptors (Lipinski definition) is 4. The van der Waals surface area contributed by atoms with E-state index in [4.69, 9.17) is 4.74 Å². The molecule has 0 fully saturated rings. The van der Waals surface area contributed by atoms with Crippen molar-refractivity contribution in [2.24, 2.45) is 0 Å². The fraction of sp³-hybridized carbons (Fsp3) is 0.375. The Balaban J connectivity index is 2.63. The molecule has 0 unspecified atom stereocenters. The van der Waals surface area contributed by atoms with Gasteiger partial charge < -0.3 is 9.47 Å². The third-order valence-corrected chi connectivity index (χ3v) is 3.38. The van der Waals surface area contributed by atoms with Gasteiger partial charge in [-0.1, -0.05) is 19.8 Å². The maximum absolute atomic E-state index is 12.0. The lowest BCUT2D eigenvalue weighted by molar-refractivity contribution is -0.134. The van der Waals surface area contributed by atoms with E-state index in [2.05, 4.69) is 27.6 Å². The van der Waals surface area contributed by atoms with Gasteiger partial charge in [-0.15, -0.1) is 0 Å². The van der Waals surface area contributed by atoms with Crippen molar-refractivity contribution in [1.82, 2.24) is 0 Å². The van der Waals surface area contributed by atoms with Crippen LogP contribution < -0.4 is 4.74 Å². The first-order valence-electron chi connectivity index (χ1n) is 6.81. The van der Waals surface area contributed by atoms with Crippen LogP contribution in [0.1, 0.15) is 36.5 Å². The predicted molar refractivity (Wildman–Crippen MR) is 84.8 cm³/mol. The number of rotatable bonds is 8. The summed E-state index contributed by atoms with van der Waals surface area (Å²) in [7, 11) is 1.26. The Hall–Kier alpha value is -1.62. The number of halogens is 1. The van der Waals surface area contributed by atoms with Crippen molar-refractivity contribution in [3.8, 4) is 5.75 Å². The number of carbonyl (C=O) groups excluding carboxylic acids is 2. The summed E-state index contributed by atoms with van der Waals surface area (Å²) >= 11 is 3.08. The van der Waals surface area contributed by atoms with E-state index in [0.29, 0.717) is 12.2 Å². The molecule has 0 saturated carbocycles. The zero-order chi connectivity index (χ0) is 15.7. The summed E-state index contributed by atoms with van der Waals surface area (Å²) < 4.78 is 10.2. The van der Waals surface area contributed by atoms with Gasteiger partial charge in [0.25, 0.3) is 0 Å². The molecule has 21 heavy (non-hydrogen) atoms. The van der Waals surface area contributed by atoms with Crippen molar-refractivity contribution >= 4 is 27.7 Å². The Morgan fingerprint density at radius 1 is 1.19 bits per heavy atom. The molecule has 114 valence electrons. The molecule has 0 radical (unpaired) electrons. The zero-order valence-corrected chi connectivity index (χ0v) is 13.8. The van der Waals surface area contributed by atoms with E-state index in [1.165, 1.54) is 7.11 Å². The van der Waals surface area contributed by atoms with Crippen molar-refractivity contribution in [2.75, 3.05) is 13.7 Å². The smallest absolute Gasteiger partial charge is 0.331 e. The Bertz CT molecular complexity index is 506. The molecule has 0 amide bonds. The van der Waals surface area contributed by atoms with E-state index in [9.17, 15) is 9.59 Å². The van der Waals surface area contributed by atoms with Crippen LogP contribution in [0.15, 0.2) is 34.8 Å². The summed E-state index contributed by atoms with van der Waals surface area (Å²) in [4.78, 5) is 23.1. The second kappa shape index (κ2) is 9.34. The van der Waals surface area contributed by atoms with Crippen molar-refractivity contribution in [2.45, 2.75) is 26.2 Å². The number of methoxy groups -OCH3 is 1. The predicted octanol–water partition coefficient (Wildman–Crippen LogP) is 3.89. The molecule has 0 aliphatic rings. The molecule has 1 rings (SSSR count). The van der Waals surface area contributed by atoms with Gasteiger partial charge in [0.2, 0.25) is 0 Å². The number of benzene rings is 1. The number of unbranched alkanes of at least 4 members (excludes halogenated alkanes) is 2. The Kier molecular flexibility index (Phi) is 7.75. The van der Waals surface area contributed by atoms with Crippen molar-refractivity contribution < 1.29 is 19.1 Å². The number of esters is 1. The lowest BCUT2D eigenvalue weighted by atomic mass is 10.1. The summed E-state index contributed by atoms with van der Waals surface area (Å²) in [5, 5.41) is 0. The molecule has 0 bridgehead atoms. The van der Waals surface area contributed by atoms with Gasteiger partial charge in [-0.05, 0) is 46.6 Å². The second-order valence-electron chi connectivity index (χ2n) is 4.42. The van der Waals surface area contributed by atoms with Crippen molar-refractivity contribution in [3.63, 3.8) is 0 Å². The molecule has 0 aliphatic carbocycles. The molecule has 0 aromatic heterocycles. The van der Waals surface area contributed by atoms with Crippen LogP contribution >= 0.6 is 15.9 Å². The molecule has 1 aromatic rings. The number of ether oxygens (including phenoxy) is 2. The zero-order valence-electron chi connectivity index (χ0n) is 12.2. The molecular weight excluding hydrogens is 336 g/mol. The maximum atomic E-state index is 12.0. The van der Waals surface area contributed by atoms with Gasteiger partial charge in [-0.25, -0.2) is 4.79 Å². The summed E-state index contributed by atoms with van der Waals surface area (Å²) in [6.07, 6.45) is 4.42. The third kappa shape index (κ3) is 6.12. The van der Waals surface area contributed by atoms with Crippen LogP contribution in [0.25, 0.3) is 0 Å². The number of hydrogen-bond donors (Lipinski definition) is 0. The van der Waals surface area contributed by atoms with Crippen LogP contribution in [0.2, 0.25) is 0 Å². The van der Waals surface area contributed by atoms with Gasteiger partial charge in [-0.2, -0.15) is 0 Å². The van der Waals surface area contributed by atoms with E-state index >= 15 is 0 Å². The monoisotopic (exact) mass is 354 g/mol. The fourth-order valence-corrected chi connectivity index (χ4v) is 2.03. The lowest BCUT2D eigenvalue weighted by Gasteiger charge is -2.06. The minimum absolute atomic E-state index is 0.158. The number of carbonyl (C=O) groups is 2.